The van der Waals surface area contributed by atoms with E-state index in [1.807, 2.05) is 23.6 Å². The molecular formula is C15H16FNO2S. The van der Waals surface area contributed by atoms with E-state index in [1.165, 1.54) is 17.4 Å². The maximum Gasteiger partial charge on any atom is 0.303 e. The summed E-state index contributed by atoms with van der Waals surface area (Å²) in [6.07, 6.45) is 0.755. The van der Waals surface area contributed by atoms with Crippen LogP contribution < -0.4 is 5.32 Å². The van der Waals surface area contributed by atoms with Crippen LogP contribution in [-0.2, 0) is 11.3 Å². The molecule has 0 unspecified atom stereocenters. The normalized spacial score (nSPS) is 10.7. The van der Waals surface area contributed by atoms with Crippen molar-refractivity contribution in [3.05, 3.63) is 47.1 Å². The third kappa shape index (κ3) is 4.15. The zero-order chi connectivity index (χ0) is 14.4. The molecule has 0 aliphatic rings. The monoisotopic (exact) mass is 293 g/mol. The number of thiophene rings is 1. The summed E-state index contributed by atoms with van der Waals surface area (Å²) in [5.41, 5.74) is 1.61. The molecule has 2 aromatic rings. The summed E-state index contributed by atoms with van der Waals surface area (Å²) in [6, 6.07) is 8.86. The van der Waals surface area contributed by atoms with Gasteiger partial charge in [0.1, 0.15) is 5.82 Å². The van der Waals surface area contributed by atoms with Gasteiger partial charge >= 0.3 is 5.97 Å². The Morgan fingerprint density at radius 1 is 1.35 bits per heavy atom. The van der Waals surface area contributed by atoms with Gasteiger partial charge in [-0.25, -0.2) is 4.39 Å². The number of aliphatic carboxylic acids is 1. The molecule has 20 heavy (non-hydrogen) atoms. The van der Waals surface area contributed by atoms with Crippen molar-refractivity contribution < 1.29 is 14.3 Å². The highest BCUT2D eigenvalue weighted by Crippen LogP contribution is 2.28. The van der Waals surface area contributed by atoms with Gasteiger partial charge in [0.15, 0.2) is 0 Å². The number of hydrogen-bond acceptors (Lipinski definition) is 3. The summed E-state index contributed by atoms with van der Waals surface area (Å²) in [4.78, 5) is 11.3. The molecule has 0 aliphatic heterocycles. The number of nitrogens with one attached hydrogen (secondary N) is 1. The molecule has 106 valence electrons. The molecule has 0 radical (unpaired) electrons. The first-order chi connectivity index (χ1) is 9.66. The Labute approximate surface area is 121 Å². The Morgan fingerprint density at radius 2 is 2.20 bits per heavy atom. The average molecular weight is 293 g/mol. The first-order valence-electron chi connectivity index (χ1n) is 6.41. The largest absolute Gasteiger partial charge is 0.481 e. The van der Waals surface area contributed by atoms with Gasteiger partial charge in [0.25, 0.3) is 0 Å². The summed E-state index contributed by atoms with van der Waals surface area (Å²) in [6.45, 7) is 1.25. The number of hydrogen-bond donors (Lipinski definition) is 2. The first kappa shape index (κ1) is 14.7. The molecule has 0 spiro atoms. The van der Waals surface area contributed by atoms with E-state index in [9.17, 15) is 9.18 Å². The summed E-state index contributed by atoms with van der Waals surface area (Å²) >= 11 is 1.51. The second-order valence-corrected chi connectivity index (χ2v) is 5.41. The fraction of sp³-hybridized carbons (Fsp3) is 0.267. The molecule has 0 fully saturated rings. The maximum atomic E-state index is 13.8. The van der Waals surface area contributed by atoms with Crippen molar-refractivity contribution in [3.8, 4) is 10.4 Å². The van der Waals surface area contributed by atoms with Crippen LogP contribution in [0.3, 0.4) is 0 Å². The van der Waals surface area contributed by atoms with E-state index in [-0.39, 0.29) is 12.2 Å². The van der Waals surface area contributed by atoms with Crippen molar-refractivity contribution >= 4 is 17.3 Å². The second-order valence-electron chi connectivity index (χ2n) is 4.47. The molecule has 0 saturated carbocycles. The predicted molar refractivity (Wildman–Crippen MR) is 78.3 cm³/mol. The van der Waals surface area contributed by atoms with E-state index >= 15 is 0 Å². The lowest BCUT2D eigenvalue weighted by atomic mass is 10.1. The number of carboxylic acids is 1. The van der Waals surface area contributed by atoms with Gasteiger partial charge in [-0.05, 0) is 42.1 Å². The standard InChI is InChI=1S/C15H16FNO2S/c16-13-6-5-11(10-17-7-1-4-15(18)19)9-12(13)14-3-2-8-20-14/h2-3,5-6,8-9,17H,1,4,7,10H2,(H,18,19). The molecule has 2 N–H and O–H groups in total. The van der Waals surface area contributed by atoms with Gasteiger partial charge in [-0.15, -0.1) is 11.3 Å². The molecule has 0 amide bonds. The van der Waals surface area contributed by atoms with Gasteiger partial charge in [0.05, 0.1) is 0 Å². The van der Waals surface area contributed by atoms with Crippen LogP contribution in [0, 0.1) is 5.82 Å². The van der Waals surface area contributed by atoms with Crippen LogP contribution in [0.1, 0.15) is 18.4 Å². The van der Waals surface area contributed by atoms with Crippen LogP contribution in [0.5, 0.6) is 0 Å². The molecule has 1 heterocycles. The van der Waals surface area contributed by atoms with Gasteiger partial charge in [0.2, 0.25) is 0 Å². The highest BCUT2D eigenvalue weighted by atomic mass is 32.1. The van der Waals surface area contributed by atoms with E-state index in [0.29, 0.717) is 25.1 Å². The third-order valence-corrected chi connectivity index (χ3v) is 3.79. The van der Waals surface area contributed by atoms with Crippen molar-refractivity contribution in [1.82, 2.24) is 5.32 Å². The SMILES string of the molecule is O=C(O)CCCNCc1ccc(F)c(-c2cccs2)c1. The Balaban J connectivity index is 1.93. The van der Waals surface area contributed by atoms with E-state index in [0.717, 1.165) is 10.4 Å². The molecule has 2 rings (SSSR count). The van der Waals surface area contributed by atoms with E-state index in [1.54, 1.807) is 6.07 Å². The predicted octanol–water partition coefficient (Wildman–Crippen LogP) is 3.51. The van der Waals surface area contributed by atoms with Crippen LogP contribution in [0.2, 0.25) is 0 Å². The number of carbonyl (C=O) groups is 1. The zero-order valence-corrected chi connectivity index (χ0v) is 11.8. The van der Waals surface area contributed by atoms with Crippen molar-refractivity contribution in [3.63, 3.8) is 0 Å². The van der Waals surface area contributed by atoms with Crippen molar-refractivity contribution in [2.75, 3.05) is 6.54 Å². The zero-order valence-electron chi connectivity index (χ0n) is 10.9. The minimum absolute atomic E-state index is 0.164. The third-order valence-electron chi connectivity index (χ3n) is 2.89. The van der Waals surface area contributed by atoms with Crippen molar-refractivity contribution in [2.45, 2.75) is 19.4 Å². The van der Waals surface area contributed by atoms with Crippen molar-refractivity contribution in [2.24, 2.45) is 0 Å². The Hall–Kier alpha value is -1.72. The fourth-order valence-electron chi connectivity index (χ4n) is 1.90. The Bertz CT molecular complexity index is 569. The topological polar surface area (TPSA) is 49.3 Å². The van der Waals surface area contributed by atoms with Gasteiger partial charge in [-0.3, -0.25) is 4.79 Å². The highest BCUT2D eigenvalue weighted by Gasteiger charge is 2.07. The fourth-order valence-corrected chi connectivity index (χ4v) is 2.64. The van der Waals surface area contributed by atoms with Gasteiger partial charge in [-0.1, -0.05) is 12.1 Å². The van der Waals surface area contributed by atoms with Gasteiger partial charge in [-0.2, -0.15) is 0 Å². The lowest BCUT2D eigenvalue weighted by Gasteiger charge is -2.07. The second kappa shape index (κ2) is 7.17. The Kier molecular flexibility index (Phi) is 5.26. The number of rotatable bonds is 7. The molecule has 1 aromatic heterocycles. The van der Waals surface area contributed by atoms with Crippen molar-refractivity contribution in [1.29, 1.82) is 0 Å². The van der Waals surface area contributed by atoms with E-state index in [4.69, 9.17) is 5.11 Å². The van der Waals surface area contributed by atoms with E-state index in [2.05, 4.69) is 5.32 Å². The summed E-state index contributed by atoms with van der Waals surface area (Å²) < 4.78 is 13.8. The Morgan fingerprint density at radius 3 is 2.90 bits per heavy atom. The van der Waals surface area contributed by atoms with Gasteiger partial charge < -0.3 is 10.4 Å². The van der Waals surface area contributed by atoms with Gasteiger partial charge in [0, 0.05) is 23.4 Å². The molecular weight excluding hydrogens is 277 g/mol. The maximum absolute atomic E-state index is 13.8. The van der Waals surface area contributed by atoms with Crippen LogP contribution in [0.15, 0.2) is 35.7 Å². The van der Waals surface area contributed by atoms with Crippen LogP contribution in [-0.4, -0.2) is 17.6 Å². The lowest BCUT2D eigenvalue weighted by molar-refractivity contribution is -0.137. The van der Waals surface area contributed by atoms with E-state index < -0.39 is 5.97 Å². The summed E-state index contributed by atoms with van der Waals surface area (Å²) in [7, 11) is 0. The number of carboxylic acid groups (broad SMARTS) is 1. The summed E-state index contributed by atoms with van der Waals surface area (Å²) in [5, 5.41) is 13.6. The smallest absolute Gasteiger partial charge is 0.303 e. The molecule has 0 saturated heterocycles. The van der Waals surface area contributed by atoms with Crippen LogP contribution in [0.25, 0.3) is 10.4 Å². The molecule has 0 aliphatic carbocycles. The summed E-state index contributed by atoms with van der Waals surface area (Å²) in [5.74, 6) is -1.00. The minimum Gasteiger partial charge on any atom is -0.481 e. The minimum atomic E-state index is -0.784. The highest BCUT2D eigenvalue weighted by molar-refractivity contribution is 7.13. The van der Waals surface area contributed by atoms with Crippen LogP contribution in [0.4, 0.5) is 4.39 Å². The average Bonchev–Trinajstić information content (AvgIpc) is 2.93. The lowest BCUT2D eigenvalue weighted by Crippen LogP contribution is -2.15. The van der Waals surface area contributed by atoms with Crippen LogP contribution >= 0.6 is 11.3 Å². The molecule has 0 atom stereocenters. The molecule has 3 nitrogen and oxygen atoms in total. The quantitative estimate of drug-likeness (QED) is 0.768. The number of benzene rings is 1. The number of halogens is 1. The molecule has 0 bridgehead atoms. The first-order valence-corrected chi connectivity index (χ1v) is 7.29. The molecule has 1 aromatic carbocycles. The molecule has 5 heteroatoms.